The molecule has 0 spiro atoms. The highest BCUT2D eigenvalue weighted by Crippen LogP contribution is 2.31. The maximum Gasteiger partial charge on any atom is 0.0120 e. The lowest BCUT2D eigenvalue weighted by Crippen LogP contribution is -2.53. The van der Waals surface area contributed by atoms with Gasteiger partial charge < -0.3 is 10.2 Å². The summed E-state index contributed by atoms with van der Waals surface area (Å²) in [5.41, 5.74) is 0. The van der Waals surface area contributed by atoms with E-state index in [2.05, 4.69) is 31.0 Å². The standard InChI is InChI=1S/C15H30N2/c1-4-16-15-9-11-17(13(3)12(15)2)10-8-14-6-5-7-14/h12-16H,4-11H2,1-3H3. The number of hydrogen-bond donors (Lipinski definition) is 1. The van der Waals surface area contributed by atoms with Gasteiger partial charge in [-0.3, -0.25) is 0 Å². The Bertz CT molecular complexity index is 225. The zero-order valence-corrected chi connectivity index (χ0v) is 11.9. The molecule has 0 amide bonds. The molecule has 17 heavy (non-hydrogen) atoms. The van der Waals surface area contributed by atoms with Crippen LogP contribution in [-0.2, 0) is 0 Å². The van der Waals surface area contributed by atoms with Gasteiger partial charge in [0, 0.05) is 12.1 Å². The lowest BCUT2D eigenvalue weighted by Gasteiger charge is -2.44. The third kappa shape index (κ3) is 3.23. The Morgan fingerprint density at radius 1 is 1.18 bits per heavy atom. The lowest BCUT2D eigenvalue weighted by molar-refractivity contribution is 0.0751. The van der Waals surface area contributed by atoms with E-state index in [-0.39, 0.29) is 0 Å². The van der Waals surface area contributed by atoms with Crippen LogP contribution >= 0.6 is 0 Å². The van der Waals surface area contributed by atoms with Gasteiger partial charge in [-0.1, -0.05) is 33.1 Å². The second kappa shape index (κ2) is 6.19. The van der Waals surface area contributed by atoms with Crippen molar-refractivity contribution in [3.63, 3.8) is 0 Å². The third-order valence-corrected chi connectivity index (χ3v) is 5.21. The first-order chi connectivity index (χ1) is 8.22. The molecule has 1 aliphatic heterocycles. The van der Waals surface area contributed by atoms with E-state index in [0.717, 1.165) is 30.5 Å². The molecule has 3 atom stereocenters. The molecule has 1 N–H and O–H groups in total. The minimum absolute atomic E-state index is 0.745. The third-order valence-electron chi connectivity index (χ3n) is 5.21. The maximum absolute atomic E-state index is 3.65. The van der Waals surface area contributed by atoms with Crippen LogP contribution in [0.3, 0.4) is 0 Å². The van der Waals surface area contributed by atoms with Crippen LogP contribution in [0.15, 0.2) is 0 Å². The van der Waals surface area contributed by atoms with Crippen molar-refractivity contribution in [3.05, 3.63) is 0 Å². The highest BCUT2D eigenvalue weighted by atomic mass is 15.2. The van der Waals surface area contributed by atoms with Crippen LogP contribution in [-0.4, -0.2) is 36.6 Å². The van der Waals surface area contributed by atoms with E-state index in [4.69, 9.17) is 0 Å². The van der Waals surface area contributed by atoms with E-state index < -0.39 is 0 Å². The molecule has 1 saturated heterocycles. The molecule has 1 aliphatic carbocycles. The van der Waals surface area contributed by atoms with Crippen LogP contribution in [0.5, 0.6) is 0 Å². The van der Waals surface area contributed by atoms with Crippen LogP contribution in [0.25, 0.3) is 0 Å². The molecule has 100 valence electrons. The number of piperidine rings is 1. The summed E-state index contributed by atoms with van der Waals surface area (Å²) in [6, 6.07) is 1.50. The van der Waals surface area contributed by atoms with Crippen LogP contribution in [0.2, 0.25) is 0 Å². The Hall–Kier alpha value is -0.0800. The van der Waals surface area contributed by atoms with Gasteiger partial charge in [-0.05, 0) is 51.2 Å². The zero-order chi connectivity index (χ0) is 12.3. The molecule has 0 radical (unpaired) electrons. The van der Waals surface area contributed by atoms with Gasteiger partial charge in [0.2, 0.25) is 0 Å². The Labute approximate surface area is 107 Å². The molecular formula is C15H30N2. The highest BCUT2D eigenvalue weighted by molar-refractivity contribution is 4.88. The normalized spacial score (nSPS) is 35.8. The van der Waals surface area contributed by atoms with Gasteiger partial charge in [0.1, 0.15) is 0 Å². The molecule has 1 saturated carbocycles. The fourth-order valence-electron chi connectivity index (χ4n) is 3.44. The Kier molecular flexibility index (Phi) is 4.87. The van der Waals surface area contributed by atoms with Gasteiger partial charge in [0.05, 0.1) is 0 Å². The largest absolute Gasteiger partial charge is 0.314 e. The average molecular weight is 238 g/mol. The quantitative estimate of drug-likeness (QED) is 0.792. The minimum atomic E-state index is 0.745. The first-order valence-corrected chi connectivity index (χ1v) is 7.69. The van der Waals surface area contributed by atoms with Crippen molar-refractivity contribution in [2.75, 3.05) is 19.6 Å². The van der Waals surface area contributed by atoms with Crippen molar-refractivity contribution >= 4 is 0 Å². The van der Waals surface area contributed by atoms with Crippen LogP contribution in [0, 0.1) is 11.8 Å². The van der Waals surface area contributed by atoms with Crippen molar-refractivity contribution in [2.24, 2.45) is 11.8 Å². The molecule has 2 heteroatoms. The van der Waals surface area contributed by atoms with E-state index in [1.54, 1.807) is 0 Å². The first kappa shape index (κ1) is 13.4. The predicted molar refractivity (Wildman–Crippen MR) is 74.2 cm³/mol. The number of nitrogens with one attached hydrogen (secondary N) is 1. The monoisotopic (exact) mass is 238 g/mol. The lowest BCUT2D eigenvalue weighted by atomic mass is 9.82. The molecule has 0 aromatic rings. The molecule has 0 aromatic carbocycles. The van der Waals surface area contributed by atoms with Gasteiger partial charge in [-0.15, -0.1) is 0 Å². The number of likely N-dealkylation sites (tertiary alicyclic amines) is 1. The summed E-state index contributed by atoms with van der Waals surface area (Å²) in [4.78, 5) is 2.73. The molecule has 2 nitrogen and oxygen atoms in total. The topological polar surface area (TPSA) is 15.3 Å². The maximum atomic E-state index is 3.65. The second-order valence-electron chi connectivity index (χ2n) is 6.17. The number of rotatable bonds is 5. The van der Waals surface area contributed by atoms with Crippen molar-refractivity contribution in [1.82, 2.24) is 10.2 Å². The van der Waals surface area contributed by atoms with Crippen molar-refractivity contribution in [1.29, 1.82) is 0 Å². The van der Waals surface area contributed by atoms with E-state index >= 15 is 0 Å². The van der Waals surface area contributed by atoms with Crippen LogP contribution in [0.1, 0.15) is 52.9 Å². The van der Waals surface area contributed by atoms with Crippen molar-refractivity contribution in [3.8, 4) is 0 Å². The second-order valence-corrected chi connectivity index (χ2v) is 6.17. The summed E-state index contributed by atoms with van der Waals surface area (Å²) in [6.07, 6.45) is 7.27. The van der Waals surface area contributed by atoms with E-state index in [0.29, 0.717) is 0 Å². The summed E-state index contributed by atoms with van der Waals surface area (Å²) in [5, 5.41) is 3.65. The fraction of sp³-hybridized carbons (Fsp3) is 1.00. The van der Waals surface area contributed by atoms with Crippen molar-refractivity contribution in [2.45, 2.75) is 65.0 Å². The molecule has 2 aliphatic rings. The Morgan fingerprint density at radius 3 is 2.53 bits per heavy atom. The molecule has 3 unspecified atom stereocenters. The molecule has 0 aromatic heterocycles. The SMILES string of the molecule is CCNC1CCN(CCC2CCC2)C(C)C1C. The minimum Gasteiger partial charge on any atom is -0.314 e. The van der Waals surface area contributed by atoms with Gasteiger partial charge in [-0.2, -0.15) is 0 Å². The van der Waals surface area contributed by atoms with Gasteiger partial charge in [0.25, 0.3) is 0 Å². The zero-order valence-electron chi connectivity index (χ0n) is 11.9. The predicted octanol–water partition coefficient (Wildman–Crippen LogP) is 2.89. The van der Waals surface area contributed by atoms with Gasteiger partial charge >= 0.3 is 0 Å². The van der Waals surface area contributed by atoms with E-state index in [9.17, 15) is 0 Å². The summed E-state index contributed by atoms with van der Waals surface area (Å²) >= 11 is 0. The van der Waals surface area contributed by atoms with Crippen LogP contribution < -0.4 is 5.32 Å². The van der Waals surface area contributed by atoms with Crippen molar-refractivity contribution < 1.29 is 0 Å². The smallest absolute Gasteiger partial charge is 0.0120 e. The molecule has 1 heterocycles. The summed E-state index contributed by atoms with van der Waals surface area (Å²) in [7, 11) is 0. The van der Waals surface area contributed by atoms with E-state index in [1.807, 2.05) is 0 Å². The molecule has 2 rings (SSSR count). The Balaban J connectivity index is 1.76. The number of nitrogens with zero attached hydrogens (tertiary/aromatic N) is 1. The molecule has 0 bridgehead atoms. The average Bonchev–Trinajstić information content (AvgIpc) is 2.26. The highest BCUT2D eigenvalue weighted by Gasteiger charge is 2.32. The first-order valence-electron chi connectivity index (χ1n) is 7.69. The molecular weight excluding hydrogens is 208 g/mol. The van der Waals surface area contributed by atoms with E-state index in [1.165, 1.54) is 45.2 Å². The van der Waals surface area contributed by atoms with Gasteiger partial charge in [0.15, 0.2) is 0 Å². The molecule has 2 fully saturated rings. The fourth-order valence-corrected chi connectivity index (χ4v) is 3.44. The summed E-state index contributed by atoms with van der Waals surface area (Å²) in [6.45, 7) is 10.8. The number of hydrogen-bond acceptors (Lipinski definition) is 2. The summed E-state index contributed by atoms with van der Waals surface area (Å²) < 4.78 is 0. The Morgan fingerprint density at radius 2 is 1.94 bits per heavy atom. The van der Waals surface area contributed by atoms with Crippen LogP contribution in [0.4, 0.5) is 0 Å². The van der Waals surface area contributed by atoms with Gasteiger partial charge in [-0.25, -0.2) is 0 Å². The summed E-state index contributed by atoms with van der Waals surface area (Å²) in [5.74, 6) is 1.86.